The van der Waals surface area contributed by atoms with Crippen molar-refractivity contribution in [1.82, 2.24) is 10.3 Å². The fourth-order valence-electron chi connectivity index (χ4n) is 2.68. The molecule has 1 aromatic rings. The highest BCUT2D eigenvalue weighted by atomic mass is 79.9. The molecule has 0 atom stereocenters. The normalized spacial score (nSPS) is 22.6. The minimum absolute atomic E-state index is 0.145. The minimum Gasteiger partial charge on any atom is -0.352 e. The fraction of sp³-hybridized carbons (Fsp3) is 0.600. The quantitative estimate of drug-likeness (QED) is 0.807. The van der Waals surface area contributed by atoms with Crippen molar-refractivity contribution in [2.75, 3.05) is 6.54 Å². The van der Waals surface area contributed by atoms with E-state index in [1.54, 1.807) is 12.3 Å². The summed E-state index contributed by atoms with van der Waals surface area (Å²) in [5.74, 6) is 1.47. The molecule has 0 bridgehead atoms. The van der Waals surface area contributed by atoms with Crippen LogP contribution in [0.3, 0.4) is 0 Å². The van der Waals surface area contributed by atoms with Crippen LogP contribution in [-0.2, 0) is 0 Å². The molecule has 110 valence electrons. The molecule has 2 rings (SSSR count). The maximum Gasteiger partial charge on any atom is 0.254 e. The Balaban J connectivity index is 1.79. The Bertz CT molecular complexity index is 473. The summed E-state index contributed by atoms with van der Waals surface area (Å²) in [4.78, 5) is 16.0. The molecular formula is C15H20BrClN2O. The molecule has 1 aliphatic rings. The zero-order valence-electron chi connectivity index (χ0n) is 11.7. The molecule has 1 N–H and O–H groups in total. The van der Waals surface area contributed by atoms with Crippen LogP contribution in [0.1, 0.15) is 49.4 Å². The van der Waals surface area contributed by atoms with E-state index in [0.717, 1.165) is 22.7 Å². The third kappa shape index (κ3) is 4.45. The SMILES string of the molecule is CC1CCC(CCNC(=O)c2cc(Br)cnc2Cl)CC1. The zero-order chi connectivity index (χ0) is 14.5. The number of pyridine rings is 1. The summed E-state index contributed by atoms with van der Waals surface area (Å²) in [5.41, 5.74) is 0.429. The van der Waals surface area contributed by atoms with Crippen LogP contribution in [-0.4, -0.2) is 17.4 Å². The molecule has 0 spiro atoms. The summed E-state index contributed by atoms with van der Waals surface area (Å²) >= 11 is 9.24. The van der Waals surface area contributed by atoms with Crippen LogP contribution >= 0.6 is 27.5 Å². The number of nitrogens with zero attached hydrogens (tertiary/aromatic N) is 1. The lowest BCUT2D eigenvalue weighted by molar-refractivity contribution is 0.0949. The molecule has 3 nitrogen and oxygen atoms in total. The van der Waals surface area contributed by atoms with E-state index in [2.05, 4.69) is 33.2 Å². The van der Waals surface area contributed by atoms with Crippen molar-refractivity contribution < 1.29 is 4.79 Å². The zero-order valence-corrected chi connectivity index (χ0v) is 14.0. The highest BCUT2D eigenvalue weighted by molar-refractivity contribution is 9.10. The van der Waals surface area contributed by atoms with Crippen LogP contribution in [0.25, 0.3) is 0 Å². The average molecular weight is 360 g/mol. The Morgan fingerprint density at radius 3 is 2.85 bits per heavy atom. The van der Waals surface area contributed by atoms with Crippen LogP contribution in [0.4, 0.5) is 0 Å². The number of aromatic nitrogens is 1. The molecule has 0 saturated heterocycles. The van der Waals surface area contributed by atoms with E-state index in [-0.39, 0.29) is 11.1 Å². The summed E-state index contributed by atoms with van der Waals surface area (Å²) in [5, 5.41) is 3.19. The molecule has 1 heterocycles. The molecule has 0 unspecified atom stereocenters. The van der Waals surface area contributed by atoms with E-state index in [1.807, 2.05) is 0 Å². The number of amides is 1. The van der Waals surface area contributed by atoms with Crippen molar-refractivity contribution in [3.63, 3.8) is 0 Å². The van der Waals surface area contributed by atoms with E-state index >= 15 is 0 Å². The molecule has 1 aromatic heterocycles. The topological polar surface area (TPSA) is 42.0 Å². The van der Waals surface area contributed by atoms with Crippen molar-refractivity contribution in [1.29, 1.82) is 0 Å². The minimum atomic E-state index is -0.145. The molecule has 1 aliphatic carbocycles. The Morgan fingerprint density at radius 1 is 1.45 bits per heavy atom. The third-order valence-corrected chi connectivity index (χ3v) is 4.76. The lowest BCUT2D eigenvalue weighted by atomic mass is 9.81. The molecule has 20 heavy (non-hydrogen) atoms. The Morgan fingerprint density at radius 2 is 2.15 bits per heavy atom. The average Bonchev–Trinajstić information content (AvgIpc) is 2.43. The van der Waals surface area contributed by atoms with Gasteiger partial charge in [0, 0.05) is 17.2 Å². The monoisotopic (exact) mass is 358 g/mol. The maximum absolute atomic E-state index is 12.1. The first kappa shape index (κ1) is 15.8. The van der Waals surface area contributed by atoms with Gasteiger partial charge in [0.25, 0.3) is 5.91 Å². The summed E-state index contributed by atoms with van der Waals surface area (Å²) in [6, 6.07) is 1.70. The van der Waals surface area contributed by atoms with Gasteiger partial charge in [-0.2, -0.15) is 0 Å². The van der Waals surface area contributed by atoms with Crippen molar-refractivity contribution in [2.45, 2.75) is 39.0 Å². The highest BCUT2D eigenvalue weighted by Gasteiger charge is 2.18. The lowest BCUT2D eigenvalue weighted by Crippen LogP contribution is -2.27. The highest BCUT2D eigenvalue weighted by Crippen LogP contribution is 2.30. The van der Waals surface area contributed by atoms with Gasteiger partial charge in [-0.1, -0.05) is 44.2 Å². The van der Waals surface area contributed by atoms with Crippen LogP contribution in [0.15, 0.2) is 16.7 Å². The van der Waals surface area contributed by atoms with Gasteiger partial charge in [-0.05, 0) is 40.3 Å². The van der Waals surface area contributed by atoms with E-state index in [0.29, 0.717) is 12.1 Å². The summed E-state index contributed by atoms with van der Waals surface area (Å²) in [6.45, 7) is 3.03. The summed E-state index contributed by atoms with van der Waals surface area (Å²) in [7, 11) is 0. The van der Waals surface area contributed by atoms with Gasteiger partial charge in [0.15, 0.2) is 0 Å². The largest absolute Gasteiger partial charge is 0.352 e. The number of halogens is 2. The number of rotatable bonds is 4. The van der Waals surface area contributed by atoms with Crippen LogP contribution in [0.5, 0.6) is 0 Å². The van der Waals surface area contributed by atoms with Gasteiger partial charge in [-0.15, -0.1) is 0 Å². The summed E-state index contributed by atoms with van der Waals surface area (Å²) in [6.07, 6.45) is 7.85. The molecule has 0 aliphatic heterocycles. The van der Waals surface area contributed by atoms with Crippen molar-refractivity contribution >= 4 is 33.4 Å². The maximum atomic E-state index is 12.1. The Hall–Kier alpha value is -0.610. The van der Waals surface area contributed by atoms with Gasteiger partial charge in [0.1, 0.15) is 5.15 Å². The Labute approximate surface area is 133 Å². The molecule has 5 heteroatoms. The van der Waals surface area contributed by atoms with Crippen LogP contribution < -0.4 is 5.32 Å². The Kier molecular flexibility index (Phi) is 5.85. The van der Waals surface area contributed by atoms with Crippen molar-refractivity contribution in [2.24, 2.45) is 11.8 Å². The summed E-state index contributed by atoms with van der Waals surface area (Å²) < 4.78 is 0.758. The number of carbonyl (C=O) groups is 1. The predicted octanol–water partition coefficient (Wildman–Crippen LogP) is 4.44. The van der Waals surface area contributed by atoms with Crippen LogP contribution in [0.2, 0.25) is 5.15 Å². The first-order valence-electron chi connectivity index (χ1n) is 7.15. The molecular weight excluding hydrogens is 340 g/mol. The predicted molar refractivity (Wildman–Crippen MR) is 85.0 cm³/mol. The van der Waals surface area contributed by atoms with Gasteiger partial charge in [-0.25, -0.2) is 4.98 Å². The van der Waals surface area contributed by atoms with E-state index in [4.69, 9.17) is 11.6 Å². The fourth-order valence-corrected chi connectivity index (χ4v) is 3.21. The number of carbonyl (C=O) groups excluding carboxylic acids is 1. The van der Waals surface area contributed by atoms with E-state index in [9.17, 15) is 4.79 Å². The second-order valence-corrected chi connectivity index (χ2v) is 6.94. The standard InChI is InChI=1S/C15H20BrClN2O/c1-10-2-4-11(5-3-10)6-7-18-15(20)13-8-12(16)9-19-14(13)17/h8-11H,2-7H2,1H3,(H,18,20). The third-order valence-electron chi connectivity index (χ3n) is 4.02. The van der Waals surface area contributed by atoms with Gasteiger partial charge in [-0.3, -0.25) is 4.79 Å². The van der Waals surface area contributed by atoms with Gasteiger partial charge >= 0.3 is 0 Å². The number of nitrogens with one attached hydrogen (secondary N) is 1. The first-order valence-corrected chi connectivity index (χ1v) is 8.32. The number of hydrogen-bond donors (Lipinski definition) is 1. The molecule has 1 saturated carbocycles. The van der Waals surface area contributed by atoms with Gasteiger partial charge in [0.05, 0.1) is 5.56 Å². The van der Waals surface area contributed by atoms with E-state index in [1.165, 1.54) is 25.7 Å². The van der Waals surface area contributed by atoms with E-state index < -0.39 is 0 Å². The van der Waals surface area contributed by atoms with Gasteiger partial charge < -0.3 is 5.32 Å². The molecule has 1 amide bonds. The molecule has 0 radical (unpaired) electrons. The smallest absolute Gasteiger partial charge is 0.254 e. The molecule has 0 aromatic carbocycles. The second-order valence-electron chi connectivity index (χ2n) is 5.66. The lowest BCUT2D eigenvalue weighted by Gasteiger charge is -2.26. The van der Waals surface area contributed by atoms with Crippen molar-refractivity contribution in [3.8, 4) is 0 Å². The van der Waals surface area contributed by atoms with Gasteiger partial charge in [0.2, 0.25) is 0 Å². The van der Waals surface area contributed by atoms with Crippen molar-refractivity contribution in [3.05, 3.63) is 27.5 Å². The second kappa shape index (κ2) is 7.41. The first-order chi connectivity index (χ1) is 9.56. The number of hydrogen-bond acceptors (Lipinski definition) is 2. The van der Waals surface area contributed by atoms with Crippen LogP contribution in [0, 0.1) is 11.8 Å². The molecule has 1 fully saturated rings.